The van der Waals surface area contributed by atoms with Crippen molar-refractivity contribution in [3.63, 3.8) is 0 Å². The van der Waals surface area contributed by atoms with E-state index < -0.39 is 0 Å². The van der Waals surface area contributed by atoms with Crippen LogP contribution in [0.5, 0.6) is 0 Å². The Morgan fingerprint density at radius 2 is 1.67 bits per heavy atom. The highest BCUT2D eigenvalue weighted by atomic mass is 16.6. The summed E-state index contributed by atoms with van der Waals surface area (Å²) in [5, 5.41) is 0. The summed E-state index contributed by atoms with van der Waals surface area (Å²) in [6.45, 7) is 0. The van der Waals surface area contributed by atoms with Gasteiger partial charge in [0.1, 0.15) is 0 Å². The molecule has 2 bridgehead atoms. The zero-order chi connectivity index (χ0) is 7.45. The Hall–Kier alpha value is -0.0800. The molecule has 0 aromatic carbocycles. The fraction of sp³-hybridized carbons (Fsp3) is 1.00. The van der Waals surface area contributed by atoms with E-state index in [0.29, 0.717) is 24.4 Å². The third-order valence-electron chi connectivity index (χ3n) is 4.99. The Balaban J connectivity index is 1.66. The smallest absolute Gasteiger partial charge is 0.0876 e. The molecular formula is C10H12O2. The predicted molar refractivity (Wildman–Crippen MR) is 40.5 cm³/mol. The zero-order valence-electron chi connectivity index (χ0n) is 6.85. The first-order chi connectivity index (χ1) is 5.93. The van der Waals surface area contributed by atoms with Gasteiger partial charge in [-0.2, -0.15) is 0 Å². The molecule has 2 saturated heterocycles. The number of rotatable bonds is 0. The maximum absolute atomic E-state index is 5.69. The van der Waals surface area contributed by atoms with Crippen molar-refractivity contribution in [2.24, 2.45) is 23.7 Å². The molecule has 64 valence electrons. The molecule has 0 amide bonds. The third-order valence-corrected chi connectivity index (χ3v) is 4.99. The molecule has 2 heterocycles. The Bertz CT molecular complexity index is 273. The Morgan fingerprint density at radius 3 is 2.67 bits per heavy atom. The number of hydrogen-bond donors (Lipinski definition) is 0. The summed E-state index contributed by atoms with van der Waals surface area (Å²) in [4.78, 5) is 0. The molecule has 5 rings (SSSR count). The van der Waals surface area contributed by atoms with Gasteiger partial charge >= 0.3 is 0 Å². The monoisotopic (exact) mass is 164 g/mol. The number of ether oxygens (including phenoxy) is 2. The molecule has 0 N–H and O–H groups in total. The maximum atomic E-state index is 5.69. The van der Waals surface area contributed by atoms with Crippen LogP contribution >= 0.6 is 0 Å². The molecule has 12 heavy (non-hydrogen) atoms. The molecule has 2 heteroatoms. The van der Waals surface area contributed by atoms with Crippen LogP contribution < -0.4 is 0 Å². The topological polar surface area (TPSA) is 25.1 Å². The summed E-state index contributed by atoms with van der Waals surface area (Å²) in [7, 11) is 0. The van der Waals surface area contributed by atoms with E-state index in [1.54, 1.807) is 0 Å². The molecule has 2 aliphatic heterocycles. The lowest BCUT2D eigenvalue weighted by atomic mass is 9.81. The second-order valence-corrected chi connectivity index (χ2v) is 5.24. The molecule has 0 spiro atoms. The first-order valence-electron chi connectivity index (χ1n) is 5.24. The van der Waals surface area contributed by atoms with Gasteiger partial charge in [0.05, 0.1) is 24.4 Å². The second kappa shape index (κ2) is 1.38. The SMILES string of the molecule is C1[C@@H]2[C@@H]3C[C@@H]4O[C@@H]4[C@H]3[C@H]1[C@@H]1O[C@@H]21. The Labute approximate surface area is 71.2 Å². The van der Waals surface area contributed by atoms with E-state index in [1.807, 2.05) is 0 Å². The minimum absolute atomic E-state index is 0.676. The second-order valence-electron chi connectivity index (χ2n) is 5.24. The van der Waals surface area contributed by atoms with Gasteiger partial charge in [-0.15, -0.1) is 0 Å². The number of fused-ring (bicyclic) bond motifs is 10. The van der Waals surface area contributed by atoms with Crippen LogP contribution in [0.2, 0.25) is 0 Å². The van der Waals surface area contributed by atoms with Crippen LogP contribution in [0.15, 0.2) is 0 Å². The van der Waals surface area contributed by atoms with Crippen molar-refractivity contribution in [1.82, 2.24) is 0 Å². The molecular weight excluding hydrogens is 152 g/mol. The van der Waals surface area contributed by atoms with Crippen molar-refractivity contribution in [1.29, 1.82) is 0 Å². The van der Waals surface area contributed by atoms with E-state index in [9.17, 15) is 0 Å². The Morgan fingerprint density at radius 1 is 0.750 bits per heavy atom. The molecule has 8 atom stereocenters. The van der Waals surface area contributed by atoms with Gasteiger partial charge in [-0.25, -0.2) is 0 Å². The lowest BCUT2D eigenvalue weighted by Gasteiger charge is -2.22. The van der Waals surface area contributed by atoms with Crippen LogP contribution in [0, 0.1) is 23.7 Å². The van der Waals surface area contributed by atoms with Crippen molar-refractivity contribution in [2.75, 3.05) is 0 Å². The van der Waals surface area contributed by atoms with E-state index in [4.69, 9.17) is 9.47 Å². The first kappa shape index (κ1) is 5.61. The summed E-state index contributed by atoms with van der Waals surface area (Å²) in [5.74, 6) is 3.77. The lowest BCUT2D eigenvalue weighted by Crippen LogP contribution is -2.27. The average molecular weight is 164 g/mol. The van der Waals surface area contributed by atoms with Gasteiger partial charge in [0.25, 0.3) is 0 Å². The van der Waals surface area contributed by atoms with Crippen LogP contribution in [-0.4, -0.2) is 24.4 Å². The molecule has 3 saturated carbocycles. The van der Waals surface area contributed by atoms with E-state index in [1.165, 1.54) is 12.8 Å². The molecule has 0 aromatic heterocycles. The molecule has 3 aliphatic carbocycles. The Kier molecular flexibility index (Phi) is 0.644. The molecule has 2 nitrogen and oxygen atoms in total. The summed E-state index contributed by atoms with van der Waals surface area (Å²) in [5.41, 5.74) is 0. The normalized spacial score (nSPS) is 80.0. The molecule has 0 radical (unpaired) electrons. The molecule has 5 aliphatic rings. The fourth-order valence-electron chi connectivity index (χ4n) is 4.58. The van der Waals surface area contributed by atoms with Crippen LogP contribution in [0.1, 0.15) is 12.8 Å². The predicted octanol–water partition coefficient (Wildman–Crippen LogP) is 0.807. The molecule has 5 fully saturated rings. The van der Waals surface area contributed by atoms with Crippen LogP contribution in [-0.2, 0) is 9.47 Å². The van der Waals surface area contributed by atoms with Crippen molar-refractivity contribution in [3.8, 4) is 0 Å². The maximum Gasteiger partial charge on any atom is 0.0876 e. The molecule has 0 unspecified atom stereocenters. The van der Waals surface area contributed by atoms with Crippen molar-refractivity contribution in [2.45, 2.75) is 37.3 Å². The quantitative estimate of drug-likeness (QED) is 0.495. The van der Waals surface area contributed by atoms with Gasteiger partial charge in [0.2, 0.25) is 0 Å². The van der Waals surface area contributed by atoms with Gasteiger partial charge in [0.15, 0.2) is 0 Å². The highest BCUT2D eigenvalue weighted by Gasteiger charge is 2.74. The van der Waals surface area contributed by atoms with Crippen molar-refractivity contribution < 1.29 is 9.47 Å². The third kappa shape index (κ3) is 0.409. The van der Waals surface area contributed by atoms with Gasteiger partial charge in [-0.1, -0.05) is 0 Å². The molecule has 0 aromatic rings. The van der Waals surface area contributed by atoms with Crippen molar-refractivity contribution in [3.05, 3.63) is 0 Å². The van der Waals surface area contributed by atoms with Crippen LogP contribution in [0.25, 0.3) is 0 Å². The minimum atomic E-state index is 0.676. The zero-order valence-corrected chi connectivity index (χ0v) is 6.85. The minimum Gasteiger partial charge on any atom is -0.369 e. The van der Waals surface area contributed by atoms with Gasteiger partial charge in [0, 0.05) is 0 Å². The highest BCUT2D eigenvalue weighted by molar-refractivity contribution is 5.21. The number of hydrogen-bond acceptors (Lipinski definition) is 2. The first-order valence-corrected chi connectivity index (χ1v) is 5.24. The van der Waals surface area contributed by atoms with Crippen LogP contribution in [0.3, 0.4) is 0 Å². The van der Waals surface area contributed by atoms with Crippen molar-refractivity contribution >= 4 is 0 Å². The largest absolute Gasteiger partial charge is 0.369 e. The summed E-state index contributed by atoms with van der Waals surface area (Å²) < 4.78 is 11.3. The van der Waals surface area contributed by atoms with E-state index >= 15 is 0 Å². The summed E-state index contributed by atoms with van der Waals surface area (Å²) >= 11 is 0. The van der Waals surface area contributed by atoms with E-state index in [0.717, 1.165) is 23.7 Å². The number of epoxide rings is 2. The standard InChI is InChI=1S/C10H12O2/c1-4-3-2-6-10(11-6)7(3)5(1)9-8(4)12-9/h3-10H,1-2H2/t3-,4+,5-,6-,7+,8-,9-,10-/m0/s1. The van der Waals surface area contributed by atoms with Crippen LogP contribution in [0.4, 0.5) is 0 Å². The average Bonchev–Trinajstić information content (AvgIpc) is 2.92. The van der Waals surface area contributed by atoms with Gasteiger partial charge in [-0.3, -0.25) is 0 Å². The van der Waals surface area contributed by atoms with E-state index in [-0.39, 0.29) is 0 Å². The van der Waals surface area contributed by atoms with E-state index in [2.05, 4.69) is 0 Å². The lowest BCUT2D eigenvalue weighted by molar-refractivity contribution is 0.162. The van der Waals surface area contributed by atoms with Gasteiger partial charge < -0.3 is 9.47 Å². The summed E-state index contributed by atoms with van der Waals surface area (Å²) in [6, 6.07) is 0. The van der Waals surface area contributed by atoms with Gasteiger partial charge in [-0.05, 0) is 36.5 Å². The summed E-state index contributed by atoms with van der Waals surface area (Å²) in [6.07, 6.45) is 5.58. The highest BCUT2D eigenvalue weighted by Crippen LogP contribution is 2.69. The fourth-order valence-corrected chi connectivity index (χ4v) is 4.58.